The highest BCUT2D eigenvalue weighted by Gasteiger charge is 2.18. The number of esters is 1. The first-order valence-electron chi connectivity index (χ1n) is 7.92. The SMILES string of the molecule is COC(=O)/C=C/CCNC(=O)c1nc(N2CCCCC2)ncc1Cl. The lowest BCUT2D eigenvalue weighted by Crippen LogP contribution is -2.32. The van der Waals surface area contributed by atoms with Crippen LogP contribution in [0.3, 0.4) is 0 Å². The highest BCUT2D eigenvalue weighted by Crippen LogP contribution is 2.19. The highest BCUT2D eigenvalue weighted by atomic mass is 35.5. The number of nitrogens with zero attached hydrogens (tertiary/aromatic N) is 3. The number of hydrogen-bond acceptors (Lipinski definition) is 6. The number of rotatable bonds is 6. The molecule has 0 aromatic carbocycles. The first kappa shape index (κ1) is 18.2. The Morgan fingerprint density at radius 2 is 2.12 bits per heavy atom. The molecule has 0 radical (unpaired) electrons. The molecule has 1 fully saturated rings. The minimum absolute atomic E-state index is 0.171. The number of anilines is 1. The molecular formula is C16H21ClN4O3. The first-order valence-corrected chi connectivity index (χ1v) is 8.30. The number of nitrogens with one attached hydrogen (secondary N) is 1. The van der Waals surface area contributed by atoms with Crippen molar-refractivity contribution in [3.8, 4) is 0 Å². The van der Waals surface area contributed by atoms with Gasteiger partial charge in [-0.1, -0.05) is 17.7 Å². The normalized spacial score (nSPS) is 14.7. The standard InChI is InChI=1S/C16H21ClN4O3/c1-24-13(22)7-3-4-8-18-15(23)14-12(17)11-19-16(20-14)21-9-5-2-6-10-21/h3,7,11H,2,4-6,8-10H2,1H3,(H,18,23)/b7-3+. The molecule has 0 saturated carbocycles. The zero-order valence-corrected chi connectivity index (χ0v) is 14.4. The molecule has 0 unspecified atom stereocenters. The molecule has 0 bridgehead atoms. The van der Waals surface area contributed by atoms with Gasteiger partial charge in [0, 0.05) is 25.7 Å². The van der Waals surface area contributed by atoms with Gasteiger partial charge in [-0.25, -0.2) is 14.8 Å². The van der Waals surface area contributed by atoms with Crippen molar-refractivity contribution in [2.45, 2.75) is 25.7 Å². The van der Waals surface area contributed by atoms with Crippen molar-refractivity contribution in [2.75, 3.05) is 31.6 Å². The monoisotopic (exact) mass is 352 g/mol. The molecule has 2 heterocycles. The Balaban J connectivity index is 1.93. The quantitative estimate of drug-likeness (QED) is 0.478. The number of halogens is 1. The van der Waals surface area contributed by atoms with Crippen LogP contribution >= 0.6 is 11.6 Å². The van der Waals surface area contributed by atoms with E-state index in [1.54, 1.807) is 6.08 Å². The summed E-state index contributed by atoms with van der Waals surface area (Å²) in [5.41, 5.74) is 0.171. The Morgan fingerprint density at radius 3 is 2.83 bits per heavy atom. The van der Waals surface area contributed by atoms with Crippen LogP contribution in [0.2, 0.25) is 5.02 Å². The van der Waals surface area contributed by atoms with Crippen molar-refractivity contribution in [2.24, 2.45) is 0 Å². The first-order chi connectivity index (χ1) is 11.6. The molecule has 130 valence electrons. The Bertz CT molecular complexity index is 615. The van der Waals surface area contributed by atoms with Crippen LogP contribution in [0.5, 0.6) is 0 Å². The van der Waals surface area contributed by atoms with E-state index in [0.717, 1.165) is 25.9 Å². The van der Waals surface area contributed by atoms with Gasteiger partial charge in [-0.2, -0.15) is 0 Å². The molecule has 8 heteroatoms. The van der Waals surface area contributed by atoms with Gasteiger partial charge in [0.15, 0.2) is 5.69 Å². The molecule has 1 aliphatic heterocycles. The Morgan fingerprint density at radius 1 is 1.38 bits per heavy atom. The molecule has 1 amide bonds. The number of piperidine rings is 1. The van der Waals surface area contributed by atoms with Crippen LogP contribution in [-0.4, -0.2) is 48.6 Å². The molecule has 0 atom stereocenters. The van der Waals surface area contributed by atoms with Gasteiger partial charge in [-0.05, 0) is 25.7 Å². The minimum Gasteiger partial charge on any atom is -0.466 e. The van der Waals surface area contributed by atoms with Crippen LogP contribution in [0.4, 0.5) is 5.95 Å². The van der Waals surface area contributed by atoms with Crippen LogP contribution in [-0.2, 0) is 9.53 Å². The maximum atomic E-state index is 12.2. The second-order valence-electron chi connectivity index (χ2n) is 5.38. The Labute approximate surface area is 146 Å². The molecule has 1 aliphatic rings. The van der Waals surface area contributed by atoms with Gasteiger partial charge < -0.3 is 15.0 Å². The molecule has 1 aromatic heterocycles. The molecule has 0 spiro atoms. The maximum Gasteiger partial charge on any atom is 0.330 e. The van der Waals surface area contributed by atoms with Crippen molar-refractivity contribution in [1.82, 2.24) is 15.3 Å². The third-order valence-electron chi connectivity index (χ3n) is 3.64. The van der Waals surface area contributed by atoms with E-state index in [-0.39, 0.29) is 16.6 Å². The van der Waals surface area contributed by atoms with Crippen molar-refractivity contribution in [1.29, 1.82) is 0 Å². The van der Waals surface area contributed by atoms with Crippen molar-refractivity contribution in [3.05, 3.63) is 29.1 Å². The van der Waals surface area contributed by atoms with E-state index >= 15 is 0 Å². The molecule has 24 heavy (non-hydrogen) atoms. The van der Waals surface area contributed by atoms with E-state index in [0.29, 0.717) is 18.9 Å². The van der Waals surface area contributed by atoms with E-state index in [4.69, 9.17) is 11.6 Å². The van der Waals surface area contributed by atoms with Crippen molar-refractivity contribution >= 4 is 29.4 Å². The molecule has 0 aliphatic carbocycles. The predicted molar refractivity (Wildman–Crippen MR) is 91.2 cm³/mol. The van der Waals surface area contributed by atoms with Crippen LogP contribution in [0.25, 0.3) is 0 Å². The summed E-state index contributed by atoms with van der Waals surface area (Å²) in [5, 5.41) is 2.95. The second-order valence-corrected chi connectivity index (χ2v) is 5.79. The lowest BCUT2D eigenvalue weighted by Gasteiger charge is -2.26. The lowest BCUT2D eigenvalue weighted by atomic mass is 10.1. The number of carbonyl (C=O) groups excluding carboxylic acids is 2. The molecule has 1 aromatic rings. The van der Waals surface area contributed by atoms with Gasteiger partial charge in [0.1, 0.15) is 0 Å². The third kappa shape index (κ3) is 5.19. The molecule has 1 N–H and O–H groups in total. The lowest BCUT2D eigenvalue weighted by molar-refractivity contribution is -0.134. The third-order valence-corrected chi connectivity index (χ3v) is 3.91. The van der Waals surface area contributed by atoms with E-state index in [1.807, 2.05) is 0 Å². The maximum absolute atomic E-state index is 12.2. The summed E-state index contributed by atoms with van der Waals surface area (Å²) in [5.74, 6) is -0.242. The summed E-state index contributed by atoms with van der Waals surface area (Å²) < 4.78 is 4.48. The van der Waals surface area contributed by atoms with Crippen molar-refractivity contribution < 1.29 is 14.3 Å². The van der Waals surface area contributed by atoms with Gasteiger partial charge in [0.2, 0.25) is 5.95 Å². The summed E-state index contributed by atoms with van der Waals surface area (Å²) in [7, 11) is 1.31. The summed E-state index contributed by atoms with van der Waals surface area (Å²) in [6.07, 6.45) is 8.31. The number of methoxy groups -OCH3 is 1. The smallest absolute Gasteiger partial charge is 0.330 e. The largest absolute Gasteiger partial charge is 0.466 e. The zero-order chi connectivity index (χ0) is 17.4. The highest BCUT2D eigenvalue weighted by molar-refractivity contribution is 6.33. The molecule has 1 saturated heterocycles. The number of hydrogen-bond donors (Lipinski definition) is 1. The van der Waals surface area contributed by atoms with E-state index in [2.05, 4.69) is 24.9 Å². The minimum atomic E-state index is -0.425. The summed E-state index contributed by atoms with van der Waals surface area (Å²) >= 11 is 6.05. The van der Waals surface area contributed by atoms with Crippen molar-refractivity contribution in [3.63, 3.8) is 0 Å². The number of aromatic nitrogens is 2. The van der Waals surface area contributed by atoms with Gasteiger partial charge in [0.25, 0.3) is 5.91 Å². The average molecular weight is 353 g/mol. The summed E-state index contributed by atoms with van der Waals surface area (Å²) in [6.45, 7) is 2.15. The molecule has 7 nitrogen and oxygen atoms in total. The Kier molecular flexibility index (Phi) is 6.99. The summed E-state index contributed by atoms with van der Waals surface area (Å²) in [4.78, 5) is 33.8. The van der Waals surface area contributed by atoms with Gasteiger partial charge in [-0.15, -0.1) is 0 Å². The predicted octanol–water partition coefficient (Wildman–Crippen LogP) is 1.97. The van der Waals surface area contributed by atoms with Crippen LogP contribution in [0.15, 0.2) is 18.3 Å². The summed E-state index contributed by atoms with van der Waals surface area (Å²) in [6, 6.07) is 0. The number of ether oxygens (including phenoxy) is 1. The van der Waals surface area contributed by atoms with E-state index < -0.39 is 5.97 Å². The number of carbonyl (C=O) groups is 2. The van der Waals surface area contributed by atoms with Gasteiger partial charge >= 0.3 is 5.97 Å². The zero-order valence-electron chi connectivity index (χ0n) is 13.6. The van der Waals surface area contributed by atoms with Crippen LogP contribution in [0, 0.1) is 0 Å². The van der Waals surface area contributed by atoms with E-state index in [9.17, 15) is 9.59 Å². The van der Waals surface area contributed by atoms with Gasteiger partial charge in [0.05, 0.1) is 18.3 Å². The molecule has 2 rings (SSSR count). The topological polar surface area (TPSA) is 84.4 Å². The fourth-order valence-electron chi connectivity index (χ4n) is 2.36. The fraction of sp³-hybridized carbons (Fsp3) is 0.500. The van der Waals surface area contributed by atoms with Gasteiger partial charge in [-0.3, -0.25) is 4.79 Å². The second kappa shape index (κ2) is 9.22. The van der Waals surface area contributed by atoms with Crippen LogP contribution < -0.4 is 10.2 Å². The Hall–Kier alpha value is -2.15. The average Bonchev–Trinajstić information content (AvgIpc) is 2.62. The van der Waals surface area contributed by atoms with E-state index in [1.165, 1.54) is 25.8 Å². The molecular weight excluding hydrogens is 332 g/mol. The van der Waals surface area contributed by atoms with Crippen LogP contribution in [0.1, 0.15) is 36.2 Å². The number of amides is 1. The fourth-order valence-corrected chi connectivity index (χ4v) is 2.54.